The molecule has 156 valence electrons. The fourth-order valence-electron chi connectivity index (χ4n) is 2.95. The van der Waals surface area contributed by atoms with Crippen LogP contribution < -0.4 is 10.1 Å². The highest BCUT2D eigenvalue weighted by Gasteiger charge is 2.15. The molecule has 0 saturated carbocycles. The van der Waals surface area contributed by atoms with E-state index < -0.39 is 5.91 Å². The smallest absolute Gasteiger partial charge is 0.262 e. The summed E-state index contributed by atoms with van der Waals surface area (Å²) in [6, 6.07) is 22.6. The van der Waals surface area contributed by atoms with Gasteiger partial charge in [-0.2, -0.15) is 5.26 Å². The van der Waals surface area contributed by atoms with Gasteiger partial charge < -0.3 is 10.1 Å². The predicted molar refractivity (Wildman–Crippen MR) is 121 cm³/mol. The Kier molecular flexibility index (Phi) is 7.58. The molecule has 6 heteroatoms. The van der Waals surface area contributed by atoms with Crippen molar-refractivity contribution in [3.8, 4) is 11.8 Å². The summed E-state index contributed by atoms with van der Waals surface area (Å²) < 4.78 is 20.0. The van der Waals surface area contributed by atoms with Gasteiger partial charge in [0.25, 0.3) is 5.91 Å². The molecule has 0 heterocycles. The maximum absolute atomic E-state index is 13.4. The second-order valence-electron chi connectivity index (χ2n) is 6.88. The molecule has 0 aliphatic rings. The van der Waals surface area contributed by atoms with Crippen molar-refractivity contribution in [1.29, 1.82) is 5.26 Å². The summed E-state index contributed by atoms with van der Waals surface area (Å²) in [4.78, 5) is 12.7. The predicted octanol–water partition coefficient (Wildman–Crippen LogP) is 5.95. The molecule has 0 saturated heterocycles. The first-order chi connectivity index (χ1) is 15.0. The lowest BCUT2D eigenvalue weighted by Gasteiger charge is -2.14. The number of amides is 1. The number of hydrogen-bond acceptors (Lipinski definition) is 3. The van der Waals surface area contributed by atoms with E-state index >= 15 is 0 Å². The Morgan fingerprint density at radius 3 is 2.65 bits per heavy atom. The van der Waals surface area contributed by atoms with Crippen LogP contribution in [0.4, 0.5) is 4.39 Å². The molecule has 31 heavy (non-hydrogen) atoms. The lowest BCUT2D eigenvalue weighted by molar-refractivity contribution is -0.117. The average molecular weight is 479 g/mol. The van der Waals surface area contributed by atoms with Gasteiger partial charge >= 0.3 is 0 Å². The summed E-state index contributed by atoms with van der Waals surface area (Å²) in [5, 5.41) is 12.4. The van der Waals surface area contributed by atoms with Crippen LogP contribution in [0.15, 0.2) is 82.8 Å². The molecule has 1 amide bonds. The third-order valence-corrected chi connectivity index (χ3v) is 5.06. The Labute approximate surface area is 189 Å². The summed E-state index contributed by atoms with van der Waals surface area (Å²) in [5.41, 5.74) is 2.13. The van der Waals surface area contributed by atoms with Gasteiger partial charge in [0.15, 0.2) is 0 Å². The van der Waals surface area contributed by atoms with E-state index in [9.17, 15) is 14.4 Å². The second-order valence-corrected chi connectivity index (χ2v) is 7.79. The number of nitriles is 1. The van der Waals surface area contributed by atoms with Crippen molar-refractivity contribution in [2.24, 2.45) is 0 Å². The lowest BCUT2D eigenvalue weighted by atomic mass is 10.1. The minimum atomic E-state index is -0.477. The molecule has 0 spiro atoms. The first-order valence-corrected chi connectivity index (χ1v) is 10.4. The fourth-order valence-corrected chi connectivity index (χ4v) is 3.33. The molecule has 0 bridgehead atoms. The molecular weight excluding hydrogens is 459 g/mol. The third-order valence-electron chi connectivity index (χ3n) is 4.57. The third kappa shape index (κ3) is 6.27. The maximum atomic E-state index is 13.4. The summed E-state index contributed by atoms with van der Waals surface area (Å²) >= 11 is 3.40. The molecule has 0 radical (unpaired) electrons. The van der Waals surface area contributed by atoms with Gasteiger partial charge in [0.05, 0.1) is 6.04 Å². The van der Waals surface area contributed by atoms with Crippen LogP contribution in [0.5, 0.6) is 5.75 Å². The molecule has 1 atom stereocenters. The maximum Gasteiger partial charge on any atom is 0.262 e. The average Bonchev–Trinajstić information content (AvgIpc) is 2.77. The normalized spacial score (nSPS) is 12.0. The minimum absolute atomic E-state index is 0.0449. The monoisotopic (exact) mass is 478 g/mol. The van der Waals surface area contributed by atoms with E-state index in [0.29, 0.717) is 16.9 Å². The molecule has 1 N–H and O–H groups in total. The Bertz CT molecular complexity index is 1140. The van der Waals surface area contributed by atoms with Crippen LogP contribution >= 0.6 is 15.9 Å². The summed E-state index contributed by atoms with van der Waals surface area (Å²) in [7, 11) is 0. The number of carbonyl (C=O) groups excluding carboxylic acids is 1. The number of hydrogen-bond donors (Lipinski definition) is 1. The Hall–Kier alpha value is -3.43. The molecule has 3 aromatic rings. The number of ether oxygens (including phenoxy) is 1. The summed E-state index contributed by atoms with van der Waals surface area (Å²) in [6.45, 7) is 2.01. The standard InChI is InChI=1S/C25H20BrFN2O2/c1-17(19-7-3-2-4-8-19)29-25(30)21(15-28)13-20-14-22(26)10-11-24(20)31-16-18-6-5-9-23(27)12-18/h2-14,17H,16H2,1H3,(H,29,30)/b21-13-/t17-/m1/s1. The van der Waals surface area contributed by atoms with E-state index in [1.807, 2.05) is 43.3 Å². The van der Waals surface area contributed by atoms with Crippen molar-refractivity contribution in [1.82, 2.24) is 5.32 Å². The summed E-state index contributed by atoms with van der Waals surface area (Å²) in [5.74, 6) is -0.341. The molecule has 0 unspecified atom stereocenters. The zero-order chi connectivity index (χ0) is 22.2. The highest BCUT2D eigenvalue weighted by molar-refractivity contribution is 9.10. The Balaban J connectivity index is 1.80. The van der Waals surface area contributed by atoms with Gasteiger partial charge in [-0.3, -0.25) is 4.79 Å². The van der Waals surface area contributed by atoms with E-state index in [0.717, 1.165) is 10.0 Å². The molecule has 0 fully saturated rings. The molecular formula is C25H20BrFN2O2. The van der Waals surface area contributed by atoms with Crippen LogP contribution in [-0.2, 0) is 11.4 Å². The Morgan fingerprint density at radius 1 is 1.16 bits per heavy atom. The van der Waals surface area contributed by atoms with Crippen molar-refractivity contribution >= 4 is 27.9 Å². The summed E-state index contributed by atoms with van der Waals surface area (Å²) in [6.07, 6.45) is 1.48. The zero-order valence-corrected chi connectivity index (χ0v) is 18.4. The topological polar surface area (TPSA) is 62.1 Å². The van der Waals surface area contributed by atoms with Gasteiger partial charge in [-0.1, -0.05) is 58.4 Å². The van der Waals surface area contributed by atoms with E-state index in [-0.39, 0.29) is 24.0 Å². The largest absolute Gasteiger partial charge is 0.488 e. The molecule has 0 aliphatic carbocycles. The first-order valence-electron chi connectivity index (χ1n) is 9.60. The van der Waals surface area contributed by atoms with E-state index in [1.165, 1.54) is 18.2 Å². The van der Waals surface area contributed by atoms with Gasteiger partial charge in [-0.15, -0.1) is 0 Å². The number of carbonyl (C=O) groups is 1. The van der Waals surface area contributed by atoms with Crippen molar-refractivity contribution in [3.63, 3.8) is 0 Å². The molecule has 0 aliphatic heterocycles. The SMILES string of the molecule is C[C@@H](NC(=O)/C(C#N)=C\c1cc(Br)ccc1OCc1cccc(F)c1)c1ccccc1. The van der Waals surface area contributed by atoms with Gasteiger partial charge in [-0.25, -0.2) is 4.39 Å². The fraction of sp³-hybridized carbons (Fsp3) is 0.120. The highest BCUT2D eigenvalue weighted by atomic mass is 79.9. The molecule has 0 aromatic heterocycles. The first kappa shape index (κ1) is 22.3. The van der Waals surface area contributed by atoms with Crippen LogP contribution in [-0.4, -0.2) is 5.91 Å². The van der Waals surface area contributed by atoms with Crippen molar-refractivity contribution in [2.75, 3.05) is 0 Å². The van der Waals surface area contributed by atoms with E-state index in [4.69, 9.17) is 4.74 Å². The van der Waals surface area contributed by atoms with Crippen LogP contribution in [0.25, 0.3) is 6.08 Å². The zero-order valence-electron chi connectivity index (χ0n) is 16.8. The van der Waals surface area contributed by atoms with Crippen LogP contribution in [0.3, 0.4) is 0 Å². The Morgan fingerprint density at radius 2 is 1.94 bits per heavy atom. The number of nitrogens with one attached hydrogen (secondary N) is 1. The second kappa shape index (κ2) is 10.6. The molecule has 3 rings (SSSR count). The van der Waals surface area contributed by atoms with Crippen molar-refractivity contribution in [3.05, 3.63) is 105 Å². The molecule has 3 aromatic carbocycles. The van der Waals surface area contributed by atoms with Gasteiger partial charge in [-0.05, 0) is 54.5 Å². The number of halogens is 2. The highest BCUT2D eigenvalue weighted by Crippen LogP contribution is 2.27. The molecule has 4 nitrogen and oxygen atoms in total. The van der Waals surface area contributed by atoms with Crippen molar-refractivity contribution in [2.45, 2.75) is 19.6 Å². The van der Waals surface area contributed by atoms with Gasteiger partial charge in [0.2, 0.25) is 0 Å². The van der Waals surface area contributed by atoms with E-state index in [1.54, 1.807) is 30.3 Å². The minimum Gasteiger partial charge on any atom is -0.488 e. The number of benzene rings is 3. The van der Waals surface area contributed by atoms with Crippen LogP contribution in [0.2, 0.25) is 0 Å². The van der Waals surface area contributed by atoms with Crippen LogP contribution in [0.1, 0.15) is 29.7 Å². The van der Waals surface area contributed by atoms with Gasteiger partial charge in [0, 0.05) is 10.0 Å². The van der Waals surface area contributed by atoms with E-state index in [2.05, 4.69) is 21.2 Å². The van der Waals surface area contributed by atoms with Crippen molar-refractivity contribution < 1.29 is 13.9 Å². The lowest BCUT2D eigenvalue weighted by Crippen LogP contribution is -2.27. The van der Waals surface area contributed by atoms with Crippen LogP contribution in [0, 0.1) is 17.1 Å². The quantitative estimate of drug-likeness (QED) is 0.337. The van der Waals surface area contributed by atoms with Gasteiger partial charge in [0.1, 0.15) is 29.8 Å². The number of rotatable bonds is 7. The number of nitrogens with zero attached hydrogens (tertiary/aromatic N) is 1.